The van der Waals surface area contributed by atoms with Crippen LogP contribution in [0.4, 0.5) is 0 Å². The summed E-state index contributed by atoms with van der Waals surface area (Å²) in [4.78, 5) is 12.4. The predicted molar refractivity (Wildman–Crippen MR) is 151 cm³/mol. The Morgan fingerprint density at radius 2 is 1.44 bits per heavy atom. The van der Waals surface area contributed by atoms with Crippen LogP contribution >= 0.6 is 11.6 Å². The van der Waals surface area contributed by atoms with Crippen molar-refractivity contribution in [2.45, 2.75) is 117 Å². The highest BCUT2D eigenvalue weighted by atomic mass is 35.5. The summed E-state index contributed by atoms with van der Waals surface area (Å²) in [6.07, 6.45) is 21.5. The quantitative estimate of drug-likeness (QED) is 0.143. The lowest BCUT2D eigenvalue weighted by molar-refractivity contribution is -0.697. The first-order chi connectivity index (χ1) is 17.6. The van der Waals surface area contributed by atoms with Crippen molar-refractivity contribution in [3.05, 3.63) is 58.9 Å². The number of ether oxygens (including phenoxy) is 1. The molecule has 1 N–H and O–H groups in total. The van der Waals surface area contributed by atoms with Crippen molar-refractivity contribution in [3.63, 3.8) is 0 Å². The molecule has 0 fully saturated rings. The SMILES string of the molecule is CCCCCCCCCCCCCCOc1ccc(CC(=O)NCc2cc[n+](CCC)cc2)c(Cl)c1. The Morgan fingerprint density at radius 3 is 2.03 bits per heavy atom. The Labute approximate surface area is 224 Å². The van der Waals surface area contributed by atoms with Crippen molar-refractivity contribution in [2.24, 2.45) is 0 Å². The number of aryl methyl sites for hydroxylation is 1. The molecule has 0 atom stereocenters. The van der Waals surface area contributed by atoms with Crippen LogP contribution in [-0.2, 0) is 24.3 Å². The van der Waals surface area contributed by atoms with E-state index in [-0.39, 0.29) is 12.3 Å². The molecular weight excluding hydrogens is 468 g/mol. The molecule has 0 unspecified atom stereocenters. The zero-order valence-corrected chi connectivity index (χ0v) is 23.5. The number of nitrogens with one attached hydrogen (secondary N) is 1. The Kier molecular flexibility index (Phi) is 16.0. The summed E-state index contributed by atoms with van der Waals surface area (Å²) in [5.74, 6) is 0.740. The molecule has 1 aromatic heterocycles. The summed E-state index contributed by atoms with van der Waals surface area (Å²) < 4.78 is 8.03. The van der Waals surface area contributed by atoms with Crippen LogP contribution in [-0.4, -0.2) is 12.5 Å². The van der Waals surface area contributed by atoms with Gasteiger partial charge in [-0.05, 0) is 29.7 Å². The highest BCUT2D eigenvalue weighted by molar-refractivity contribution is 6.31. The summed E-state index contributed by atoms with van der Waals surface area (Å²) >= 11 is 6.43. The second-order valence-corrected chi connectivity index (χ2v) is 10.3. The molecule has 0 radical (unpaired) electrons. The van der Waals surface area contributed by atoms with Gasteiger partial charge in [-0.25, -0.2) is 4.57 Å². The van der Waals surface area contributed by atoms with E-state index in [4.69, 9.17) is 16.3 Å². The lowest BCUT2D eigenvalue weighted by atomic mass is 10.1. The number of nitrogens with zero attached hydrogens (tertiary/aromatic N) is 1. The Bertz CT molecular complexity index is 854. The van der Waals surface area contributed by atoms with Gasteiger partial charge in [-0.2, -0.15) is 0 Å². The molecule has 0 bridgehead atoms. The van der Waals surface area contributed by atoms with E-state index in [0.29, 0.717) is 18.2 Å². The van der Waals surface area contributed by atoms with Gasteiger partial charge in [0.25, 0.3) is 0 Å². The Hall–Kier alpha value is -2.07. The first kappa shape index (κ1) is 30.2. The minimum atomic E-state index is -0.0349. The monoisotopic (exact) mass is 515 g/mol. The number of unbranched alkanes of at least 4 members (excludes halogenated alkanes) is 11. The smallest absolute Gasteiger partial charge is 0.224 e. The third kappa shape index (κ3) is 13.3. The van der Waals surface area contributed by atoms with Crippen molar-refractivity contribution >= 4 is 17.5 Å². The summed E-state index contributed by atoms with van der Waals surface area (Å²) in [7, 11) is 0. The van der Waals surface area contributed by atoms with Crippen LogP contribution in [0.3, 0.4) is 0 Å². The molecule has 1 amide bonds. The van der Waals surface area contributed by atoms with Crippen LogP contribution in [0.2, 0.25) is 5.02 Å². The number of benzene rings is 1. The fourth-order valence-electron chi connectivity index (χ4n) is 4.34. The molecule has 5 heteroatoms. The summed E-state index contributed by atoms with van der Waals surface area (Å²) in [5, 5.41) is 3.56. The fraction of sp³-hybridized carbons (Fsp3) is 0.613. The van der Waals surface area contributed by atoms with Gasteiger partial charge in [0.05, 0.1) is 13.0 Å². The first-order valence-electron chi connectivity index (χ1n) is 14.3. The van der Waals surface area contributed by atoms with Gasteiger partial charge in [0.2, 0.25) is 5.91 Å². The second kappa shape index (κ2) is 19.1. The maximum Gasteiger partial charge on any atom is 0.224 e. The van der Waals surface area contributed by atoms with Crippen molar-refractivity contribution in [1.29, 1.82) is 0 Å². The fourth-order valence-corrected chi connectivity index (χ4v) is 4.58. The van der Waals surface area contributed by atoms with Gasteiger partial charge in [-0.1, -0.05) is 102 Å². The molecule has 2 aromatic rings. The third-order valence-electron chi connectivity index (χ3n) is 6.57. The molecule has 1 aromatic carbocycles. The number of carbonyl (C=O) groups is 1. The van der Waals surface area contributed by atoms with Crippen LogP contribution in [0.25, 0.3) is 0 Å². The Morgan fingerprint density at radius 1 is 0.833 bits per heavy atom. The van der Waals surface area contributed by atoms with E-state index in [2.05, 4.69) is 36.1 Å². The molecule has 0 aliphatic carbocycles. The van der Waals surface area contributed by atoms with Gasteiger partial charge in [0, 0.05) is 30.1 Å². The van der Waals surface area contributed by atoms with Crippen molar-refractivity contribution in [2.75, 3.05) is 6.61 Å². The number of amides is 1. The zero-order chi connectivity index (χ0) is 25.8. The third-order valence-corrected chi connectivity index (χ3v) is 6.93. The first-order valence-corrected chi connectivity index (χ1v) is 14.7. The highest BCUT2D eigenvalue weighted by Gasteiger charge is 2.09. The average Bonchev–Trinajstić information content (AvgIpc) is 2.88. The molecule has 0 spiro atoms. The summed E-state index contributed by atoms with van der Waals surface area (Å²) in [5.41, 5.74) is 1.91. The molecule has 200 valence electrons. The topological polar surface area (TPSA) is 42.2 Å². The van der Waals surface area contributed by atoms with Crippen molar-refractivity contribution < 1.29 is 14.1 Å². The van der Waals surface area contributed by atoms with Gasteiger partial charge in [0.1, 0.15) is 12.3 Å². The maximum atomic E-state index is 12.4. The predicted octanol–water partition coefficient (Wildman–Crippen LogP) is 7.98. The van der Waals surface area contributed by atoms with E-state index in [1.54, 1.807) is 0 Å². The van der Waals surface area contributed by atoms with Crippen LogP contribution in [0.5, 0.6) is 5.75 Å². The summed E-state index contributed by atoms with van der Waals surface area (Å²) in [6, 6.07) is 9.74. The maximum absolute atomic E-state index is 12.4. The van der Waals surface area contributed by atoms with E-state index in [1.165, 1.54) is 70.6 Å². The Balaban J connectivity index is 1.55. The molecule has 1 heterocycles. The number of aromatic nitrogens is 1. The number of halogens is 1. The second-order valence-electron chi connectivity index (χ2n) is 9.89. The van der Waals surface area contributed by atoms with E-state index >= 15 is 0 Å². The minimum Gasteiger partial charge on any atom is -0.494 e. The lowest BCUT2D eigenvalue weighted by Crippen LogP contribution is -2.32. The van der Waals surface area contributed by atoms with Gasteiger partial charge < -0.3 is 10.1 Å². The molecule has 0 aliphatic rings. The number of hydrogen-bond donors (Lipinski definition) is 1. The van der Waals surface area contributed by atoms with Gasteiger partial charge in [-0.15, -0.1) is 0 Å². The zero-order valence-electron chi connectivity index (χ0n) is 22.7. The van der Waals surface area contributed by atoms with Crippen LogP contribution < -0.4 is 14.6 Å². The van der Waals surface area contributed by atoms with Gasteiger partial charge >= 0.3 is 0 Å². The van der Waals surface area contributed by atoms with Gasteiger partial charge in [-0.3, -0.25) is 4.79 Å². The summed E-state index contributed by atoms with van der Waals surface area (Å²) in [6.45, 7) is 6.66. The van der Waals surface area contributed by atoms with Crippen LogP contribution in [0, 0.1) is 0 Å². The lowest BCUT2D eigenvalue weighted by Gasteiger charge is -2.10. The molecule has 36 heavy (non-hydrogen) atoms. The van der Waals surface area contributed by atoms with E-state index in [1.807, 2.05) is 30.3 Å². The highest BCUT2D eigenvalue weighted by Crippen LogP contribution is 2.23. The normalized spacial score (nSPS) is 11.0. The van der Waals surface area contributed by atoms with Crippen molar-refractivity contribution in [1.82, 2.24) is 5.32 Å². The number of hydrogen-bond acceptors (Lipinski definition) is 2. The largest absolute Gasteiger partial charge is 0.494 e. The molecule has 2 rings (SSSR count). The van der Waals surface area contributed by atoms with E-state index < -0.39 is 0 Å². The van der Waals surface area contributed by atoms with E-state index in [0.717, 1.165) is 36.3 Å². The number of carbonyl (C=O) groups excluding carboxylic acids is 1. The van der Waals surface area contributed by atoms with Crippen LogP contribution in [0.1, 0.15) is 108 Å². The van der Waals surface area contributed by atoms with Crippen LogP contribution in [0.15, 0.2) is 42.7 Å². The molecule has 4 nitrogen and oxygen atoms in total. The molecule has 0 saturated heterocycles. The van der Waals surface area contributed by atoms with Crippen molar-refractivity contribution in [3.8, 4) is 5.75 Å². The number of rotatable bonds is 20. The number of pyridine rings is 1. The average molecular weight is 516 g/mol. The molecular formula is C31H48ClN2O2+. The van der Waals surface area contributed by atoms with Gasteiger partial charge in [0.15, 0.2) is 12.4 Å². The standard InChI is InChI=1S/C31H47ClN2O2/c1-3-5-6-7-8-9-10-11-12-13-14-15-23-36-29-17-16-28(30(32)25-29)24-31(35)33-26-27-18-21-34(20-4-2)22-19-27/h16-19,21-22,25H,3-15,20,23-24,26H2,1-2H3/p+1. The minimum absolute atomic E-state index is 0.0349. The molecule has 0 aliphatic heterocycles. The van der Waals surface area contributed by atoms with E-state index in [9.17, 15) is 4.79 Å². The molecule has 0 saturated carbocycles.